The van der Waals surface area contributed by atoms with Crippen molar-refractivity contribution in [3.05, 3.63) is 22.7 Å². The minimum Gasteiger partial charge on any atom is -0.274 e. The first-order chi connectivity index (χ1) is 9.61. The van der Waals surface area contributed by atoms with E-state index in [0.29, 0.717) is 5.13 Å². The van der Waals surface area contributed by atoms with Crippen molar-refractivity contribution in [2.45, 2.75) is 26.7 Å². The van der Waals surface area contributed by atoms with Crippen LogP contribution in [0.2, 0.25) is 0 Å². The minimum atomic E-state index is -0.130. The molecule has 2 bridgehead atoms. The van der Waals surface area contributed by atoms with Crippen LogP contribution in [-0.4, -0.2) is 16.8 Å². The molecule has 0 unspecified atom stereocenters. The normalized spacial score (nSPS) is 35.1. The maximum absolute atomic E-state index is 12.7. The van der Waals surface area contributed by atoms with Crippen LogP contribution in [0, 0.1) is 23.7 Å². The second kappa shape index (κ2) is 4.01. The molecule has 2 saturated carbocycles. The number of carbonyl (C=O) groups excluding carboxylic acids is 2. The lowest BCUT2D eigenvalue weighted by atomic mass is 9.81. The summed E-state index contributed by atoms with van der Waals surface area (Å²) in [7, 11) is 0. The van der Waals surface area contributed by atoms with Crippen molar-refractivity contribution in [1.82, 2.24) is 4.98 Å². The van der Waals surface area contributed by atoms with Gasteiger partial charge in [-0.15, -0.1) is 11.3 Å². The summed E-state index contributed by atoms with van der Waals surface area (Å²) in [5, 5.41) is 2.34. The van der Waals surface area contributed by atoms with Gasteiger partial charge in [0.15, 0.2) is 5.13 Å². The summed E-state index contributed by atoms with van der Waals surface area (Å²) in [6.07, 6.45) is 3.75. The quantitative estimate of drug-likeness (QED) is 0.589. The van der Waals surface area contributed by atoms with E-state index in [4.69, 9.17) is 0 Å². The van der Waals surface area contributed by atoms with E-state index >= 15 is 0 Å². The Morgan fingerprint density at radius 1 is 1.20 bits per heavy atom. The van der Waals surface area contributed by atoms with Gasteiger partial charge >= 0.3 is 0 Å². The molecule has 2 aliphatic carbocycles. The number of rotatable bonds is 1. The maximum Gasteiger partial charge on any atom is 0.240 e. The molecule has 1 aromatic rings. The highest BCUT2D eigenvalue weighted by molar-refractivity contribution is 7.14. The summed E-state index contributed by atoms with van der Waals surface area (Å²) in [6.45, 7) is 4.21. The lowest BCUT2D eigenvalue weighted by molar-refractivity contribution is -0.123. The fourth-order valence-corrected chi connectivity index (χ4v) is 5.16. The fraction of sp³-hybridized carbons (Fsp3) is 0.533. The van der Waals surface area contributed by atoms with Gasteiger partial charge in [0, 0.05) is 11.6 Å². The number of imide groups is 1. The molecule has 0 N–H and O–H groups in total. The zero-order valence-electron chi connectivity index (χ0n) is 11.5. The first kappa shape index (κ1) is 12.3. The number of thiazole rings is 1. The van der Waals surface area contributed by atoms with Gasteiger partial charge in [-0.3, -0.25) is 9.59 Å². The Labute approximate surface area is 121 Å². The Morgan fingerprint density at radius 3 is 2.25 bits per heavy atom. The van der Waals surface area contributed by atoms with E-state index in [0.717, 1.165) is 12.8 Å². The predicted molar refractivity (Wildman–Crippen MR) is 76.2 cm³/mol. The van der Waals surface area contributed by atoms with Gasteiger partial charge in [0.25, 0.3) is 0 Å². The molecule has 5 heteroatoms. The molecule has 2 amide bonds. The highest BCUT2D eigenvalue weighted by atomic mass is 32.1. The molecule has 0 radical (unpaired) electrons. The molecule has 0 aromatic carbocycles. The van der Waals surface area contributed by atoms with E-state index < -0.39 is 0 Å². The maximum atomic E-state index is 12.7. The molecule has 1 saturated heterocycles. The van der Waals surface area contributed by atoms with Crippen LogP contribution in [0.15, 0.2) is 22.7 Å². The third-order valence-electron chi connectivity index (χ3n) is 5.04. The molecule has 20 heavy (non-hydrogen) atoms. The van der Waals surface area contributed by atoms with Crippen LogP contribution in [0.3, 0.4) is 0 Å². The highest BCUT2D eigenvalue weighted by Gasteiger charge is 2.63. The summed E-state index contributed by atoms with van der Waals surface area (Å²) in [5.41, 5.74) is 2.69. The first-order valence-electron chi connectivity index (χ1n) is 7.06. The average molecular weight is 288 g/mol. The van der Waals surface area contributed by atoms with Crippen LogP contribution >= 0.6 is 11.3 Å². The number of hydrogen-bond acceptors (Lipinski definition) is 4. The van der Waals surface area contributed by atoms with Crippen molar-refractivity contribution in [2.75, 3.05) is 4.90 Å². The van der Waals surface area contributed by atoms with E-state index in [-0.39, 0.29) is 35.5 Å². The van der Waals surface area contributed by atoms with Crippen LogP contribution in [0.1, 0.15) is 26.7 Å². The molecular weight excluding hydrogens is 272 g/mol. The number of anilines is 1. The summed E-state index contributed by atoms with van der Waals surface area (Å²) >= 11 is 1.36. The van der Waals surface area contributed by atoms with Gasteiger partial charge in [0.1, 0.15) is 0 Å². The molecule has 0 spiro atoms. The number of aromatic nitrogens is 1. The summed E-state index contributed by atoms with van der Waals surface area (Å²) in [6, 6.07) is 0. The molecule has 2 heterocycles. The van der Waals surface area contributed by atoms with Gasteiger partial charge in [-0.1, -0.05) is 11.1 Å². The van der Waals surface area contributed by atoms with Gasteiger partial charge in [-0.2, -0.15) is 0 Å². The summed E-state index contributed by atoms with van der Waals surface area (Å²) in [4.78, 5) is 30.9. The van der Waals surface area contributed by atoms with Crippen molar-refractivity contribution in [3.8, 4) is 0 Å². The van der Waals surface area contributed by atoms with Gasteiger partial charge in [-0.05, 0) is 38.5 Å². The number of hydrogen-bond donors (Lipinski definition) is 0. The van der Waals surface area contributed by atoms with Gasteiger partial charge in [0.2, 0.25) is 11.8 Å². The van der Waals surface area contributed by atoms with Gasteiger partial charge in [-0.25, -0.2) is 9.88 Å². The number of nitrogens with zero attached hydrogens (tertiary/aromatic N) is 2. The Hall–Kier alpha value is -1.49. The third kappa shape index (κ3) is 1.34. The molecule has 4 nitrogen and oxygen atoms in total. The molecule has 104 valence electrons. The zero-order chi connectivity index (χ0) is 14.0. The largest absolute Gasteiger partial charge is 0.274 e. The standard InChI is InChI=1S/C15H16N2O2S/c1-7(2)10-8-3-4-9(10)12-11(8)13(18)17(14(12)19)15-16-5-6-20-15/h5-6,8-9,11-12H,3-4H2,1-2H3/t8-,9-,11-,12-/m0/s1. The van der Waals surface area contributed by atoms with Crippen molar-refractivity contribution in [2.24, 2.45) is 23.7 Å². The van der Waals surface area contributed by atoms with Crippen LogP contribution in [0.25, 0.3) is 0 Å². The molecule has 1 aromatic heterocycles. The Kier molecular flexibility index (Phi) is 2.46. The van der Waals surface area contributed by atoms with Crippen LogP contribution < -0.4 is 4.90 Å². The lowest BCUT2D eigenvalue weighted by Gasteiger charge is -2.18. The number of amides is 2. The molecule has 1 aliphatic heterocycles. The zero-order valence-corrected chi connectivity index (χ0v) is 12.3. The minimum absolute atomic E-state index is 0.0269. The molecule has 4 atom stereocenters. The van der Waals surface area contributed by atoms with Crippen molar-refractivity contribution >= 4 is 28.3 Å². The van der Waals surface area contributed by atoms with Crippen molar-refractivity contribution in [1.29, 1.82) is 0 Å². The van der Waals surface area contributed by atoms with E-state index in [1.807, 2.05) is 0 Å². The van der Waals surface area contributed by atoms with Crippen molar-refractivity contribution in [3.63, 3.8) is 0 Å². The van der Waals surface area contributed by atoms with Crippen molar-refractivity contribution < 1.29 is 9.59 Å². The van der Waals surface area contributed by atoms with E-state index in [1.165, 1.54) is 27.4 Å². The SMILES string of the molecule is CC(C)=C1[C@@H]2CC[C@@H]1[C@@H]1C(=O)N(c3nccs3)C(=O)[C@H]12. The predicted octanol–water partition coefficient (Wildman–Crippen LogP) is 2.62. The van der Waals surface area contributed by atoms with Crippen LogP contribution in [0.4, 0.5) is 5.13 Å². The monoisotopic (exact) mass is 288 g/mol. The Balaban J connectivity index is 1.79. The number of fused-ring (bicyclic) bond motifs is 5. The lowest BCUT2D eigenvalue weighted by Crippen LogP contribution is -2.33. The van der Waals surface area contributed by atoms with Gasteiger partial charge < -0.3 is 0 Å². The Bertz CT molecular complexity index is 598. The first-order valence-corrected chi connectivity index (χ1v) is 7.93. The van der Waals surface area contributed by atoms with Crippen LogP contribution in [-0.2, 0) is 9.59 Å². The fourth-order valence-electron chi connectivity index (χ4n) is 4.51. The molecular formula is C15H16N2O2S. The van der Waals surface area contributed by atoms with Crippen LogP contribution in [0.5, 0.6) is 0 Å². The molecule has 4 rings (SSSR count). The van der Waals surface area contributed by atoms with E-state index in [1.54, 1.807) is 11.6 Å². The summed E-state index contributed by atoms with van der Waals surface area (Å²) < 4.78 is 0. The topological polar surface area (TPSA) is 50.3 Å². The molecule has 3 fully saturated rings. The second-order valence-corrected chi connectivity index (χ2v) is 7.00. The second-order valence-electron chi connectivity index (χ2n) is 6.12. The smallest absolute Gasteiger partial charge is 0.240 e. The molecule has 3 aliphatic rings. The Morgan fingerprint density at radius 2 is 1.80 bits per heavy atom. The average Bonchev–Trinajstić information content (AvgIpc) is 3.13. The highest BCUT2D eigenvalue weighted by Crippen LogP contribution is 2.60. The number of carbonyl (C=O) groups is 2. The summed E-state index contributed by atoms with van der Waals surface area (Å²) in [5.74, 6) is 0.264. The van der Waals surface area contributed by atoms with Gasteiger partial charge in [0.05, 0.1) is 11.8 Å². The van der Waals surface area contributed by atoms with E-state index in [2.05, 4.69) is 18.8 Å². The van der Waals surface area contributed by atoms with E-state index in [9.17, 15) is 9.59 Å². The number of allylic oxidation sites excluding steroid dienone is 2. The third-order valence-corrected chi connectivity index (χ3v) is 5.80.